The van der Waals surface area contributed by atoms with Crippen LogP contribution in [-0.4, -0.2) is 20.8 Å². The van der Waals surface area contributed by atoms with Crippen LogP contribution >= 0.6 is 0 Å². The summed E-state index contributed by atoms with van der Waals surface area (Å²) in [5, 5.41) is 1.78. The molecule has 0 radical (unpaired) electrons. The molecule has 16 rings (SSSR count). The molecule has 0 unspecified atom stereocenters. The van der Waals surface area contributed by atoms with Gasteiger partial charge in [-0.25, -0.2) is 4.98 Å². The van der Waals surface area contributed by atoms with Crippen LogP contribution in [0.4, 0.5) is 0 Å². The Balaban J connectivity index is 1.00. The van der Waals surface area contributed by atoms with Crippen molar-refractivity contribution >= 4 is 50.5 Å². The van der Waals surface area contributed by atoms with Crippen molar-refractivity contribution in [1.29, 1.82) is 0 Å². The molecule has 0 spiro atoms. The number of rotatable bonds is 7. The maximum absolute atomic E-state index is 7.25. The zero-order valence-corrected chi connectivity index (χ0v) is 48.2. The average Bonchev–Trinajstić information content (AvgIpc) is 1.87. The first-order chi connectivity index (χ1) is 41.6. The third-order valence-corrected chi connectivity index (χ3v) is 18.1. The SMILES string of the molecule is CC(C)(C)c1ccnc(-n2c3ccccc3c3ccc(Oc4ccc5c(c4)-n4[c-][n+]6c7c(ccc(c74)B(c4c(-c7ccccc7)cccc4-c4ccccc4)C5(C)C)-c4ccccc4-c4ccccc4-c4cccc(-c5ccccc5)c4-6)cc32)c1. The molecule has 85 heavy (non-hydrogen) atoms. The Hall–Kier alpha value is -10.3. The highest BCUT2D eigenvalue weighted by atomic mass is 16.5. The molecular formula is C79H59BN4O. The van der Waals surface area contributed by atoms with Gasteiger partial charge in [-0.2, -0.15) is 0 Å². The van der Waals surface area contributed by atoms with Gasteiger partial charge in [0, 0.05) is 23.0 Å². The lowest BCUT2D eigenvalue weighted by molar-refractivity contribution is -0.570. The summed E-state index contributed by atoms with van der Waals surface area (Å²) < 4.78 is 14.3. The lowest BCUT2D eigenvalue weighted by Gasteiger charge is -2.36. The van der Waals surface area contributed by atoms with Crippen LogP contribution in [0.1, 0.15) is 45.7 Å². The van der Waals surface area contributed by atoms with E-state index in [-0.39, 0.29) is 12.1 Å². The number of pyridine rings is 1. The molecule has 0 aliphatic carbocycles. The highest BCUT2D eigenvalue weighted by molar-refractivity contribution is 6.91. The summed E-state index contributed by atoms with van der Waals surface area (Å²) in [5.74, 6) is 2.34. The highest BCUT2D eigenvalue weighted by Gasteiger charge is 2.46. The van der Waals surface area contributed by atoms with Gasteiger partial charge in [0.25, 0.3) is 6.33 Å². The monoisotopic (exact) mass is 1090 g/mol. The number of hydrogen-bond donors (Lipinski definition) is 0. The number of fused-ring (bicyclic) bond motifs is 12. The molecule has 0 saturated heterocycles. The first kappa shape index (κ1) is 50.4. The second kappa shape index (κ2) is 19.4. The first-order valence-electron chi connectivity index (χ1n) is 29.6. The molecule has 11 aromatic carbocycles. The van der Waals surface area contributed by atoms with Crippen LogP contribution in [0.2, 0.25) is 0 Å². The molecule has 0 N–H and O–H groups in total. The molecule has 0 bridgehead atoms. The summed E-state index contributed by atoms with van der Waals surface area (Å²) in [6, 6.07) is 95.5. The number of imidazole rings is 1. The van der Waals surface area contributed by atoms with E-state index in [4.69, 9.17) is 9.72 Å². The minimum absolute atomic E-state index is 0.0524. The Morgan fingerprint density at radius 2 is 1.00 bits per heavy atom. The van der Waals surface area contributed by atoms with E-state index in [2.05, 4.69) is 316 Å². The predicted molar refractivity (Wildman–Crippen MR) is 352 cm³/mol. The van der Waals surface area contributed by atoms with Gasteiger partial charge in [-0.3, -0.25) is 13.7 Å². The fourth-order valence-corrected chi connectivity index (χ4v) is 14.2. The van der Waals surface area contributed by atoms with E-state index in [1.54, 1.807) is 0 Å². The van der Waals surface area contributed by atoms with Crippen molar-refractivity contribution in [1.82, 2.24) is 14.1 Å². The van der Waals surface area contributed by atoms with E-state index in [1.807, 2.05) is 6.20 Å². The number of benzene rings is 11. The number of aromatic nitrogens is 4. The van der Waals surface area contributed by atoms with Gasteiger partial charge in [0.2, 0.25) is 6.71 Å². The van der Waals surface area contributed by atoms with Crippen LogP contribution < -0.4 is 20.2 Å². The summed E-state index contributed by atoms with van der Waals surface area (Å²) in [7, 11) is 0. The molecule has 14 aromatic rings. The van der Waals surface area contributed by atoms with Gasteiger partial charge in [0.1, 0.15) is 17.3 Å². The molecule has 0 saturated carbocycles. The molecular weight excluding hydrogens is 1030 g/mol. The van der Waals surface area contributed by atoms with Crippen molar-refractivity contribution in [2.24, 2.45) is 0 Å². The molecule has 2 aliphatic rings. The summed E-state index contributed by atoms with van der Waals surface area (Å²) in [6.45, 7) is 11.5. The topological polar surface area (TPSA) is 35.9 Å². The van der Waals surface area contributed by atoms with E-state index in [1.165, 1.54) is 60.8 Å². The van der Waals surface area contributed by atoms with E-state index in [0.717, 1.165) is 89.5 Å². The summed E-state index contributed by atoms with van der Waals surface area (Å²) in [4.78, 5) is 5.00. The minimum Gasteiger partial charge on any atom is -0.458 e. The largest absolute Gasteiger partial charge is 0.458 e. The van der Waals surface area contributed by atoms with E-state index < -0.39 is 5.31 Å². The van der Waals surface area contributed by atoms with Crippen molar-refractivity contribution in [3.63, 3.8) is 0 Å². The van der Waals surface area contributed by atoms with Crippen molar-refractivity contribution in [2.75, 3.05) is 0 Å². The summed E-state index contributed by atoms with van der Waals surface area (Å²) in [5.41, 5.74) is 25.2. The smallest absolute Gasteiger partial charge is 0.269 e. The van der Waals surface area contributed by atoms with Crippen molar-refractivity contribution in [3.05, 3.63) is 285 Å². The Bertz CT molecular complexity index is 4930. The van der Waals surface area contributed by atoms with Gasteiger partial charge in [0.15, 0.2) is 0 Å². The third kappa shape index (κ3) is 8.00. The normalized spacial score (nSPS) is 13.1. The second-order valence-corrected chi connectivity index (χ2v) is 24.4. The molecule has 3 aromatic heterocycles. The fourth-order valence-electron chi connectivity index (χ4n) is 14.2. The van der Waals surface area contributed by atoms with Gasteiger partial charge < -0.3 is 4.74 Å². The van der Waals surface area contributed by atoms with Crippen LogP contribution in [0.15, 0.2) is 267 Å². The lowest BCUT2D eigenvalue weighted by Crippen LogP contribution is -2.57. The van der Waals surface area contributed by atoms with Crippen LogP contribution in [0.25, 0.3) is 117 Å². The zero-order valence-electron chi connectivity index (χ0n) is 48.2. The highest BCUT2D eigenvalue weighted by Crippen LogP contribution is 2.48. The van der Waals surface area contributed by atoms with Gasteiger partial charge in [0.05, 0.1) is 33.4 Å². The van der Waals surface area contributed by atoms with Crippen LogP contribution in [-0.2, 0) is 10.7 Å². The number of ether oxygens (including phenoxy) is 1. The molecule has 6 heteroatoms. The quantitative estimate of drug-likeness (QED) is 0.0906. The van der Waals surface area contributed by atoms with Crippen molar-refractivity contribution in [2.45, 2.75) is 45.3 Å². The predicted octanol–water partition coefficient (Wildman–Crippen LogP) is 18.0. The van der Waals surface area contributed by atoms with Gasteiger partial charge in [-0.15, -0.1) is 0 Å². The molecule has 0 amide bonds. The summed E-state index contributed by atoms with van der Waals surface area (Å²) in [6.07, 6.45) is 6.17. The maximum atomic E-state index is 7.25. The summed E-state index contributed by atoms with van der Waals surface area (Å²) >= 11 is 0. The Morgan fingerprint density at radius 1 is 0.471 bits per heavy atom. The maximum Gasteiger partial charge on any atom is 0.269 e. The number of hydrogen-bond acceptors (Lipinski definition) is 2. The number of nitrogens with zero attached hydrogens (tertiary/aromatic N) is 4. The van der Waals surface area contributed by atoms with Crippen LogP contribution in [0, 0.1) is 6.33 Å². The molecule has 5 nitrogen and oxygen atoms in total. The van der Waals surface area contributed by atoms with Gasteiger partial charge in [-0.1, -0.05) is 258 Å². The van der Waals surface area contributed by atoms with Gasteiger partial charge >= 0.3 is 0 Å². The van der Waals surface area contributed by atoms with Gasteiger partial charge in [-0.05, 0) is 131 Å². The standard InChI is InChI=1S/C79H59BN4O/c1-78(2,3)54-45-46-81-73(47-54)84-70-38-20-19-33-64(70)65-41-39-55(48-71(65)84)85-56-40-43-68-72(49-56)82-50-83-75-59(53-27-13-8-14-28-53)36-22-37-66(75)62-31-17-15-29-60(62)61-30-16-18-32-63(61)67-42-44-69(77(82)76(67)83)80(79(68,4)5)74-57(51-23-9-6-10-24-51)34-21-35-58(74)52-25-11-7-12-26-52/h6-49H,1-5H3. The molecule has 0 atom stereocenters. The Kier molecular flexibility index (Phi) is 11.5. The second-order valence-electron chi connectivity index (χ2n) is 24.4. The minimum atomic E-state index is -0.530. The molecule has 404 valence electrons. The Morgan fingerprint density at radius 3 is 1.66 bits per heavy atom. The van der Waals surface area contributed by atoms with Crippen LogP contribution in [0.5, 0.6) is 11.5 Å². The van der Waals surface area contributed by atoms with E-state index in [0.29, 0.717) is 0 Å². The number of para-hydroxylation sites is 2. The van der Waals surface area contributed by atoms with Crippen molar-refractivity contribution < 1.29 is 9.30 Å². The van der Waals surface area contributed by atoms with Crippen LogP contribution in [0.3, 0.4) is 0 Å². The fraction of sp³-hybridized carbons (Fsp3) is 0.0886. The molecule has 2 aliphatic heterocycles. The zero-order chi connectivity index (χ0) is 57.1. The van der Waals surface area contributed by atoms with E-state index in [9.17, 15) is 0 Å². The Labute approximate surface area is 496 Å². The first-order valence-corrected chi connectivity index (χ1v) is 29.6. The van der Waals surface area contributed by atoms with Crippen molar-refractivity contribution in [3.8, 4) is 95.5 Å². The van der Waals surface area contributed by atoms with E-state index >= 15 is 0 Å². The average molecular weight is 1090 g/mol. The molecule has 0 fully saturated rings. The lowest BCUT2D eigenvalue weighted by atomic mass is 9.25. The third-order valence-electron chi connectivity index (χ3n) is 18.1. The molecule has 5 heterocycles.